The van der Waals surface area contributed by atoms with Crippen LogP contribution in [0.2, 0.25) is 0 Å². The zero-order chi connectivity index (χ0) is 16.3. The summed E-state index contributed by atoms with van der Waals surface area (Å²) in [6, 6.07) is 4.14. The molecule has 0 spiro atoms. The second kappa shape index (κ2) is 10.8. The topological polar surface area (TPSA) is 12.9 Å². The van der Waals surface area contributed by atoms with E-state index >= 15 is 0 Å². The molecule has 0 aliphatic rings. The molecule has 0 fully saturated rings. The molecule has 0 aliphatic carbocycles. The Labute approximate surface area is 145 Å². The minimum Gasteiger partial charge on any atom is -0.247 e. The molecule has 22 heavy (non-hydrogen) atoms. The van der Waals surface area contributed by atoms with Crippen molar-refractivity contribution in [2.45, 2.75) is 78.6 Å². The lowest BCUT2D eigenvalue weighted by atomic mass is 9.89. The van der Waals surface area contributed by atoms with Gasteiger partial charge in [0.2, 0.25) is 0 Å². The molecule has 1 aromatic rings. The van der Waals surface area contributed by atoms with Crippen LogP contribution in [0.4, 0.5) is 0 Å². The molecule has 0 saturated carbocycles. The Kier molecular flexibility index (Phi) is 9.48. The minimum absolute atomic E-state index is 0.504. The molecule has 0 saturated heterocycles. The van der Waals surface area contributed by atoms with Crippen LogP contribution >= 0.6 is 15.9 Å². The minimum atomic E-state index is 0.504. The van der Waals surface area contributed by atoms with Crippen LogP contribution in [-0.4, -0.2) is 4.98 Å². The van der Waals surface area contributed by atoms with Crippen molar-refractivity contribution in [3.8, 4) is 10.8 Å². The summed E-state index contributed by atoms with van der Waals surface area (Å²) in [5.41, 5.74) is 2.66. The van der Waals surface area contributed by atoms with E-state index in [4.69, 9.17) is 0 Å². The van der Waals surface area contributed by atoms with E-state index in [1.165, 1.54) is 56.9 Å². The van der Waals surface area contributed by atoms with Gasteiger partial charge in [-0.1, -0.05) is 65.4 Å². The summed E-state index contributed by atoms with van der Waals surface area (Å²) < 4.78 is 0. The van der Waals surface area contributed by atoms with E-state index in [0.717, 1.165) is 12.1 Å². The summed E-state index contributed by atoms with van der Waals surface area (Å²) in [5, 5.41) is 0. The van der Waals surface area contributed by atoms with E-state index in [2.05, 4.69) is 58.5 Å². The summed E-state index contributed by atoms with van der Waals surface area (Å²) >= 11 is 3.09. The first kappa shape index (κ1) is 19.2. The van der Waals surface area contributed by atoms with Crippen LogP contribution in [0.5, 0.6) is 0 Å². The molecule has 0 atom stereocenters. The van der Waals surface area contributed by atoms with Gasteiger partial charge in [-0.15, -0.1) is 0 Å². The van der Waals surface area contributed by atoms with Crippen LogP contribution in [0.1, 0.15) is 83.4 Å². The maximum absolute atomic E-state index is 4.33. The third kappa shape index (κ3) is 10.0. The van der Waals surface area contributed by atoms with Crippen LogP contribution in [0, 0.1) is 16.2 Å². The van der Waals surface area contributed by atoms with Crippen LogP contribution in [-0.2, 0) is 6.42 Å². The number of aryl methyl sites for hydroxylation is 1. The van der Waals surface area contributed by atoms with Crippen molar-refractivity contribution in [3.63, 3.8) is 0 Å². The normalized spacial score (nSPS) is 11.1. The Morgan fingerprint density at radius 3 is 2.14 bits per heavy atom. The Balaban J connectivity index is 2.00. The van der Waals surface area contributed by atoms with Gasteiger partial charge in [0, 0.05) is 22.1 Å². The fourth-order valence-corrected chi connectivity index (χ4v) is 2.77. The van der Waals surface area contributed by atoms with Crippen molar-refractivity contribution >= 4 is 15.9 Å². The fraction of sp³-hybridized carbons (Fsp3) is 0.650. The maximum atomic E-state index is 4.33. The largest absolute Gasteiger partial charge is 0.247 e. The van der Waals surface area contributed by atoms with Crippen LogP contribution in [0.3, 0.4) is 0 Å². The van der Waals surface area contributed by atoms with Gasteiger partial charge in [0.1, 0.15) is 5.69 Å². The predicted octanol–water partition coefficient (Wildman–Crippen LogP) is 6.49. The first-order valence-electron chi connectivity index (χ1n) is 8.58. The number of aromatic nitrogens is 1. The fourth-order valence-electron chi connectivity index (χ4n) is 2.56. The molecule has 1 heterocycles. The number of unbranched alkanes of at least 4 members (excludes halogenated alkanes) is 6. The van der Waals surface area contributed by atoms with E-state index < -0.39 is 0 Å². The molecular weight excluding hydrogens is 334 g/mol. The predicted molar refractivity (Wildman–Crippen MR) is 100 cm³/mol. The van der Waals surface area contributed by atoms with Crippen LogP contribution < -0.4 is 0 Å². The van der Waals surface area contributed by atoms with Crippen molar-refractivity contribution < 1.29 is 0 Å². The van der Waals surface area contributed by atoms with E-state index in [0.29, 0.717) is 5.41 Å². The van der Waals surface area contributed by atoms with Gasteiger partial charge in [-0.2, -0.15) is 0 Å². The average Bonchev–Trinajstić information content (AvgIpc) is 2.46. The standard InChI is InChI=1S/C20H30BrN/c1-20(2,3)15-10-8-6-4-5-7-9-11-18-12-13-19(14-16-21)22-17-18/h12-13,17H,4-11,15H2,1-3H3. The van der Waals surface area contributed by atoms with Gasteiger partial charge in [-0.05, 0) is 47.1 Å². The highest BCUT2D eigenvalue weighted by Crippen LogP contribution is 2.22. The first-order chi connectivity index (χ1) is 10.5. The molecule has 2 heteroatoms. The highest BCUT2D eigenvalue weighted by Gasteiger charge is 2.08. The summed E-state index contributed by atoms with van der Waals surface area (Å²) in [5.74, 6) is 2.90. The van der Waals surface area contributed by atoms with Gasteiger partial charge in [0.05, 0.1) is 0 Å². The van der Waals surface area contributed by atoms with Gasteiger partial charge in [0.25, 0.3) is 0 Å². The first-order valence-corrected chi connectivity index (χ1v) is 9.37. The molecule has 1 rings (SSSR count). The van der Waals surface area contributed by atoms with E-state index in [-0.39, 0.29) is 0 Å². The number of halogens is 1. The van der Waals surface area contributed by atoms with Gasteiger partial charge in [-0.25, -0.2) is 4.98 Å². The number of rotatable bonds is 9. The Morgan fingerprint density at radius 2 is 1.59 bits per heavy atom. The van der Waals surface area contributed by atoms with Gasteiger partial charge in [-0.3, -0.25) is 0 Å². The molecule has 0 radical (unpaired) electrons. The number of hydrogen-bond acceptors (Lipinski definition) is 1. The van der Waals surface area contributed by atoms with Crippen molar-refractivity contribution in [1.82, 2.24) is 4.98 Å². The quantitative estimate of drug-likeness (QED) is 0.360. The summed E-state index contributed by atoms with van der Waals surface area (Å²) in [6.45, 7) is 7.00. The third-order valence-corrected chi connectivity index (χ3v) is 4.09. The average molecular weight is 364 g/mol. The van der Waals surface area contributed by atoms with Gasteiger partial charge >= 0.3 is 0 Å². The Hall–Kier alpha value is -0.810. The maximum Gasteiger partial charge on any atom is 0.114 e. The van der Waals surface area contributed by atoms with Crippen molar-refractivity contribution in [1.29, 1.82) is 0 Å². The molecule has 0 N–H and O–H groups in total. The molecule has 1 aromatic heterocycles. The lowest BCUT2D eigenvalue weighted by Gasteiger charge is -2.17. The third-order valence-electron chi connectivity index (χ3n) is 3.89. The molecular formula is C20H30BrN. The lowest BCUT2D eigenvalue weighted by molar-refractivity contribution is 0.356. The van der Waals surface area contributed by atoms with Crippen molar-refractivity contribution in [2.75, 3.05) is 0 Å². The highest BCUT2D eigenvalue weighted by atomic mass is 79.9. The monoisotopic (exact) mass is 363 g/mol. The van der Waals surface area contributed by atoms with Gasteiger partial charge in [0.15, 0.2) is 0 Å². The molecule has 0 aromatic carbocycles. The number of pyridine rings is 1. The number of hydrogen-bond donors (Lipinski definition) is 0. The molecule has 0 amide bonds. The highest BCUT2D eigenvalue weighted by molar-refractivity contribution is 9.12. The van der Waals surface area contributed by atoms with Crippen molar-refractivity contribution in [2.24, 2.45) is 5.41 Å². The second-order valence-corrected chi connectivity index (χ2v) is 7.70. The lowest BCUT2D eigenvalue weighted by Crippen LogP contribution is -2.03. The smallest absolute Gasteiger partial charge is 0.114 e. The van der Waals surface area contributed by atoms with E-state index in [1.807, 2.05) is 12.3 Å². The molecule has 0 unspecified atom stereocenters. The molecule has 0 aliphatic heterocycles. The molecule has 0 bridgehead atoms. The van der Waals surface area contributed by atoms with Gasteiger partial charge < -0.3 is 0 Å². The van der Waals surface area contributed by atoms with Crippen LogP contribution in [0.25, 0.3) is 0 Å². The second-order valence-electron chi connectivity index (χ2n) is 7.31. The SMILES string of the molecule is CC(C)(C)CCCCCCCCCc1ccc(C#CBr)nc1. The summed E-state index contributed by atoms with van der Waals surface area (Å²) in [4.78, 5) is 7.03. The zero-order valence-corrected chi connectivity index (χ0v) is 16.0. The number of nitrogens with zero attached hydrogens (tertiary/aromatic N) is 1. The van der Waals surface area contributed by atoms with Crippen molar-refractivity contribution in [3.05, 3.63) is 29.6 Å². The van der Waals surface area contributed by atoms with E-state index in [1.54, 1.807) is 0 Å². The molecule has 1 nitrogen and oxygen atoms in total. The zero-order valence-electron chi connectivity index (χ0n) is 14.4. The Morgan fingerprint density at radius 1 is 0.955 bits per heavy atom. The summed E-state index contributed by atoms with van der Waals surface area (Å²) in [6.07, 6.45) is 14.0. The summed E-state index contributed by atoms with van der Waals surface area (Å²) in [7, 11) is 0. The Bertz CT molecular complexity index is 459. The molecule has 122 valence electrons. The van der Waals surface area contributed by atoms with Crippen LogP contribution in [0.15, 0.2) is 18.3 Å². The van der Waals surface area contributed by atoms with E-state index in [9.17, 15) is 0 Å².